The van der Waals surface area contributed by atoms with Crippen molar-refractivity contribution in [1.29, 1.82) is 0 Å². The molecule has 0 heterocycles. The molecule has 0 aliphatic rings. The minimum absolute atomic E-state index is 0.0149. The number of methoxy groups -OCH3 is 1. The van der Waals surface area contributed by atoms with Crippen LogP contribution >= 0.6 is 0 Å². The number of ether oxygens (including phenoxy) is 1. The van der Waals surface area contributed by atoms with E-state index >= 15 is 0 Å². The first kappa shape index (κ1) is 17.4. The van der Waals surface area contributed by atoms with Gasteiger partial charge in [-0.1, -0.05) is 33.8 Å². The predicted molar refractivity (Wildman–Crippen MR) is 84.5 cm³/mol. The van der Waals surface area contributed by atoms with Gasteiger partial charge in [0.2, 0.25) is 0 Å². The van der Waals surface area contributed by atoms with Gasteiger partial charge >= 0.3 is 5.69 Å². The lowest BCUT2D eigenvalue weighted by Crippen LogP contribution is -2.29. The minimum Gasteiger partial charge on any atom is -0.490 e. The highest BCUT2D eigenvalue weighted by Crippen LogP contribution is 2.27. The van der Waals surface area contributed by atoms with Crippen LogP contribution in [0.2, 0.25) is 0 Å². The minimum atomic E-state index is -0.409. The molecular weight excluding hydrogens is 268 g/mol. The number of nitrogens with zero attached hydrogens (tertiary/aromatic N) is 1. The molecule has 5 heteroatoms. The second kappa shape index (κ2) is 7.98. The van der Waals surface area contributed by atoms with Gasteiger partial charge in [0.25, 0.3) is 0 Å². The van der Waals surface area contributed by atoms with Crippen molar-refractivity contribution in [2.75, 3.05) is 13.7 Å². The highest BCUT2D eigenvalue weighted by Gasteiger charge is 2.18. The van der Waals surface area contributed by atoms with E-state index in [4.69, 9.17) is 4.74 Å². The molecule has 0 aliphatic carbocycles. The molecule has 0 aromatic heterocycles. The molecule has 0 aliphatic heterocycles. The highest BCUT2D eigenvalue weighted by molar-refractivity contribution is 5.48. The zero-order valence-corrected chi connectivity index (χ0v) is 13.6. The summed E-state index contributed by atoms with van der Waals surface area (Å²) < 4.78 is 5.01. The molecular formula is C16H26N2O3. The van der Waals surface area contributed by atoms with Crippen molar-refractivity contribution in [2.45, 2.75) is 34.2 Å². The Kier molecular flexibility index (Phi) is 6.62. The fraction of sp³-hybridized carbons (Fsp3) is 0.625. The number of hydrogen-bond acceptors (Lipinski definition) is 4. The van der Waals surface area contributed by atoms with Crippen molar-refractivity contribution < 1.29 is 9.66 Å². The molecule has 0 saturated carbocycles. The van der Waals surface area contributed by atoms with Crippen LogP contribution in [0.3, 0.4) is 0 Å². The van der Waals surface area contributed by atoms with Gasteiger partial charge in [-0.25, -0.2) is 0 Å². The van der Waals surface area contributed by atoms with Crippen molar-refractivity contribution in [3.05, 3.63) is 33.9 Å². The summed E-state index contributed by atoms with van der Waals surface area (Å²) in [4.78, 5) is 10.6. The van der Waals surface area contributed by atoms with Crippen LogP contribution in [0.15, 0.2) is 18.2 Å². The summed E-state index contributed by atoms with van der Waals surface area (Å²) in [5, 5.41) is 14.4. The molecule has 1 N–H and O–H groups in total. The number of hydrogen-bond donors (Lipinski definition) is 1. The number of rotatable bonds is 8. The van der Waals surface area contributed by atoms with E-state index in [1.54, 1.807) is 12.1 Å². The molecule has 0 fully saturated rings. The van der Waals surface area contributed by atoms with E-state index < -0.39 is 4.92 Å². The van der Waals surface area contributed by atoms with Gasteiger partial charge in [-0.2, -0.15) is 0 Å². The Bertz CT molecular complexity index is 465. The molecule has 0 radical (unpaired) electrons. The standard InChI is InChI=1S/C16H26N2O3/c1-11(2)14(12(3)4)10-17-9-13-6-7-16(21-5)15(8-13)18(19)20/h6-8,11-12,14,17H,9-10H2,1-5H3. The third kappa shape index (κ3) is 5.01. The fourth-order valence-corrected chi connectivity index (χ4v) is 2.61. The molecule has 21 heavy (non-hydrogen) atoms. The SMILES string of the molecule is COc1ccc(CNCC(C(C)C)C(C)C)cc1[N+](=O)[O-]. The van der Waals surface area contributed by atoms with Crippen LogP contribution in [0.5, 0.6) is 5.75 Å². The maximum atomic E-state index is 11.0. The van der Waals surface area contributed by atoms with Crippen molar-refractivity contribution in [1.82, 2.24) is 5.32 Å². The molecule has 0 amide bonds. The van der Waals surface area contributed by atoms with Gasteiger partial charge in [-0.05, 0) is 35.9 Å². The molecule has 118 valence electrons. The van der Waals surface area contributed by atoms with Crippen LogP contribution in [0.1, 0.15) is 33.3 Å². The number of nitro groups is 1. The van der Waals surface area contributed by atoms with Gasteiger partial charge in [0.05, 0.1) is 12.0 Å². The summed E-state index contributed by atoms with van der Waals surface area (Å²) in [6.07, 6.45) is 0. The fourth-order valence-electron chi connectivity index (χ4n) is 2.61. The molecule has 5 nitrogen and oxygen atoms in total. The lowest BCUT2D eigenvalue weighted by atomic mass is 9.85. The lowest BCUT2D eigenvalue weighted by molar-refractivity contribution is -0.385. The third-order valence-corrected chi connectivity index (χ3v) is 3.86. The van der Waals surface area contributed by atoms with Crippen molar-refractivity contribution in [3.8, 4) is 5.75 Å². The van der Waals surface area contributed by atoms with Gasteiger partial charge in [0.15, 0.2) is 5.75 Å². The number of benzene rings is 1. The number of nitrogens with one attached hydrogen (secondary N) is 1. The molecule has 0 unspecified atom stereocenters. The largest absolute Gasteiger partial charge is 0.490 e. The van der Waals surface area contributed by atoms with Gasteiger partial charge in [-0.3, -0.25) is 10.1 Å². The Hall–Kier alpha value is -1.62. The Morgan fingerprint density at radius 3 is 2.33 bits per heavy atom. The van der Waals surface area contributed by atoms with E-state index in [1.165, 1.54) is 7.11 Å². The van der Waals surface area contributed by atoms with Crippen LogP contribution in [0, 0.1) is 27.9 Å². The molecule has 0 spiro atoms. The van der Waals surface area contributed by atoms with E-state index in [2.05, 4.69) is 33.0 Å². The summed E-state index contributed by atoms with van der Waals surface area (Å²) >= 11 is 0. The van der Waals surface area contributed by atoms with Gasteiger partial charge < -0.3 is 10.1 Å². The van der Waals surface area contributed by atoms with Gasteiger partial charge in [-0.15, -0.1) is 0 Å². The molecule has 1 aromatic carbocycles. The summed E-state index contributed by atoms with van der Waals surface area (Å²) in [5.74, 6) is 2.12. The van der Waals surface area contributed by atoms with Crippen LogP contribution in [-0.4, -0.2) is 18.6 Å². The third-order valence-electron chi connectivity index (χ3n) is 3.86. The Balaban J connectivity index is 2.68. The van der Waals surface area contributed by atoms with E-state index in [-0.39, 0.29) is 5.69 Å². The van der Waals surface area contributed by atoms with E-state index in [1.807, 2.05) is 6.07 Å². The van der Waals surface area contributed by atoms with Gasteiger partial charge in [0.1, 0.15) is 0 Å². The molecule has 0 saturated heterocycles. The first-order valence-electron chi connectivity index (χ1n) is 7.38. The number of nitro benzene ring substituents is 1. The summed E-state index contributed by atoms with van der Waals surface area (Å²) in [6.45, 7) is 10.4. The van der Waals surface area contributed by atoms with Crippen LogP contribution in [0.25, 0.3) is 0 Å². The van der Waals surface area contributed by atoms with Crippen molar-refractivity contribution >= 4 is 5.69 Å². The van der Waals surface area contributed by atoms with Crippen molar-refractivity contribution in [3.63, 3.8) is 0 Å². The quantitative estimate of drug-likeness (QED) is 0.587. The Labute approximate surface area is 126 Å². The van der Waals surface area contributed by atoms with E-state index in [0.717, 1.165) is 12.1 Å². The normalized spacial score (nSPS) is 11.4. The average molecular weight is 294 g/mol. The second-order valence-corrected chi connectivity index (χ2v) is 6.05. The van der Waals surface area contributed by atoms with E-state index in [0.29, 0.717) is 30.0 Å². The molecule has 0 atom stereocenters. The second-order valence-electron chi connectivity index (χ2n) is 6.05. The van der Waals surface area contributed by atoms with Crippen LogP contribution in [0.4, 0.5) is 5.69 Å². The first-order valence-corrected chi connectivity index (χ1v) is 7.38. The molecule has 1 aromatic rings. The van der Waals surface area contributed by atoms with Crippen molar-refractivity contribution in [2.24, 2.45) is 17.8 Å². The summed E-state index contributed by atoms with van der Waals surface area (Å²) in [5.41, 5.74) is 0.912. The topological polar surface area (TPSA) is 64.4 Å². The zero-order chi connectivity index (χ0) is 16.0. The highest BCUT2D eigenvalue weighted by atomic mass is 16.6. The predicted octanol–water partition coefficient (Wildman–Crippen LogP) is 3.62. The molecule has 1 rings (SSSR count). The molecule has 0 bridgehead atoms. The van der Waals surface area contributed by atoms with Gasteiger partial charge in [0, 0.05) is 12.6 Å². The maximum Gasteiger partial charge on any atom is 0.311 e. The lowest BCUT2D eigenvalue weighted by Gasteiger charge is -2.25. The first-order chi connectivity index (χ1) is 9.86. The average Bonchev–Trinajstić information content (AvgIpc) is 2.42. The Morgan fingerprint density at radius 2 is 1.86 bits per heavy atom. The zero-order valence-electron chi connectivity index (χ0n) is 13.6. The van der Waals surface area contributed by atoms with E-state index in [9.17, 15) is 10.1 Å². The van der Waals surface area contributed by atoms with Crippen LogP contribution in [-0.2, 0) is 6.54 Å². The smallest absolute Gasteiger partial charge is 0.311 e. The summed E-state index contributed by atoms with van der Waals surface area (Å²) in [7, 11) is 1.44. The Morgan fingerprint density at radius 1 is 1.24 bits per heavy atom. The monoisotopic (exact) mass is 294 g/mol. The van der Waals surface area contributed by atoms with Crippen LogP contribution < -0.4 is 10.1 Å². The summed E-state index contributed by atoms with van der Waals surface area (Å²) in [6, 6.07) is 5.09. The maximum absolute atomic E-state index is 11.0.